The zero-order valence-corrected chi connectivity index (χ0v) is 25.4. The van der Waals surface area contributed by atoms with Gasteiger partial charge in [-0.3, -0.25) is 9.59 Å². The van der Waals surface area contributed by atoms with Crippen LogP contribution in [-0.2, 0) is 19.6 Å². The van der Waals surface area contributed by atoms with E-state index in [2.05, 4.69) is 16.0 Å². The highest BCUT2D eigenvalue weighted by Crippen LogP contribution is 2.30. The predicted molar refractivity (Wildman–Crippen MR) is 163 cm³/mol. The van der Waals surface area contributed by atoms with Crippen LogP contribution in [0.3, 0.4) is 0 Å². The number of benzene rings is 2. The monoisotopic (exact) mass is 626 g/mol. The van der Waals surface area contributed by atoms with Gasteiger partial charge in [0, 0.05) is 55.5 Å². The van der Waals surface area contributed by atoms with Gasteiger partial charge in [0.15, 0.2) is 0 Å². The molecule has 1 aromatic heterocycles. The zero-order valence-electron chi connectivity index (χ0n) is 24.6. The van der Waals surface area contributed by atoms with Gasteiger partial charge in [0.25, 0.3) is 5.91 Å². The van der Waals surface area contributed by atoms with Gasteiger partial charge in [-0.25, -0.2) is 8.42 Å². The molecule has 0 radical (unpaired) electrons. The zero-order chi connectivity index (χ0) is 31.4. The second-order valence-electron chi connectivity index (χ2n) is 11.3. The largest absolute Gasteiger partial charge is 0.456 e. The lowest BCUT2D eigenvalue weighted by Crippen LogP contribution is -2.46. The highest BCUT2D eigenvalue weighted by Gasteiger charge is 2.39. The highest BCUT2D eigenvalue weighted by atomic mass is 32.2. The fraction of sp³-hybridized carbons (Fsp3) is 0.419. The molecule has 2 aliphatic rings. The number of aliphatic hydroxyl groups is 2. The number of β-amino-alcohol motifs (C(OH)–C–C–N with tert-alkyl or cyclic N) is 1. The Morgan fingerprint density at radius 1 is 1.05 bits per heavy atom. The number of nitrogens with zero attached hydrogens (tertiary/aromatic N) is 1. The number of furan rings is 1. The molecule has 1 unspecified atom stereocenters. The molecule has 13 heteroatoms. The third kappa shape index (κ3) is 7.37. The first-order valence-electron chi connectivity index (χ1n) is 14.5. The number of carbonyl (C=O) groups excluding carboxylic acids is 2. The van der Waals surface area contributed by atoms with E-state index in [-0.39, 0.29) is 37.6 Å². The van der Waals surface area contributed by atoms with Crippen molar-refractivity contribution in [2.45, 2.75) is 43.2 Å². The molecule has 12 nitrogen and oxygen atoms in total. The van der Waals surface area contributed by atoms with Crippen LogP contribution in [0.15, 0.2) is 65.1 Å². The number of amides is 2. The summed E-state index contributed by atoms with van der Waals surface area (Å²) in [4.78, 5) is 25.5. The number of carbonyl (C=O) groups is 2. The minimum absolute atomic E-state index is 0.0875. The Balaban J connectivity index is 1.18. The first kappa shape index (κ1) is 31.8. The number of rotatable bonds is 11. The Labute approximate surface area is 256 Å². The SMILES string of the molecule is COC(CO)c1ccc(-c2ccc(-c3ccc(C(=O)NC[C@H]4C[C@@H](NC(=O)[C@@H]5C[C@H](O)CN5)CN4S(C)(=O)=O)cc3)o2)cc1. The minimum Gasteiger partial charge on any atom is -0.456 e. The number of nitrogens with one attached hydrogen (secondary N) is 3. The van der Waals surface area contributed by atoms with Crippen molar-refractivity contribution in [3.05, 3.63) is 71.8 Å². The molecular weight excluding hydrogens is 588 g/mol. The first-order valence-corrected chi connectivity index (χ1v) is 16.3. The van der Waals surface area contributed by atoms with Gasteiger partial charge >= 0.3 is 0 Å². The van der Waals surface area contributed by atoms with Crippen molar-refractivity contribution in [2.75, 3.05) is 39.6 Å². The Hall–Kier alpha value is -3.59. The van der Waals surface area contributed by atoms with Crippen molar-refractivity contribution in [2.24, 2.45) is 0 Å². The summed E-state index contributed by atoms with van der Waals surface area (Å²) >= 11 is 0. The molecule has 2 aromatic carbocycles. The van der Waals surface area contributed by atoms with Crippen LogP contribution in [0, 0.1) is 0 Å². The molecule has 5 atom stereocenters. The maximum absolute atomic E-state index is 12.9. The minimum atomic E-state index is -3.57. The van der Waals surface area contributed by atoms with Gasteiger partial charge in [-0.15, -0.1) is 0 Å². The van der Waals surface area contributed by atoms with E-state index < -0.39 is 34.3 Å². The molecule has 5 N–H and O–H groups in total. The van der Waals surface area contributed by atoms with Crippen molar-refractivity contribution in [3.8, 4) is 22.6 Å². The third-order valence-corrected chi connectivity index (χ3v) is 9.41. The molecule has 0 spiro atoms. The summed E-state index contributed by atoms with van der Waals surface area (Å²) in [5, 5.41) is 27.8. The van der Waals surface area contributed by atoms with Gasteiger partial charge < -0.3 is 35.3 Å². The molecule has 44 heavy (non-hydrogen) atoms. The Morgan fingerprint density at radius 3 is 2.23 bits per heavy atom. The van der Waals surface area contributed by atoms with Crippen molar-refractivity contribution >= 4 is 21.8 Å². The summed E-state index contributed by atoms with van der Waals surface area (Å²) in [6.07, 6.45) is 0.808. The standard InChI is InChI=1S/C31H38N4O8S/c1-42-29(18-36)21-5-3-19(4-6-21)27-11-12-28(43-27)20-7-9-22(10-8-20)30(38)33-15-24-13-23(17-35(24)44(2,40)41)34-31(39)26-14-25(37)16-32-26/h3-12,23-26,29,32,36-37H,13-18H2,1-2H3,(H,33,38)(H,34,39)/t23-,24-,25+,26+,29?/m1/s1. The average Bonchev–Trinajstić information content (AvgIpc) is 3.77. The van der Waals surface area contributed by atoms with Crippen molar-refractivity contribution in [3.63, 3.8) is 0 Å². The van der Waals surface area contributed by atoms with Crippen LogP contribution in [0.25, 0.3) is 22.6 Å². The summed E-state index contributed by atoms with van der Waals surface area (Å²) < 4.78 is 37.5. The van der Waals surface area contributed by atoms with Crippen molar-refractivity contribution in [1.82, 2.24) is 20.3 Å². The lowest BCUT2D eigenvalue weighted by molar-refractivity contribution is -0.123. The summed E-state index contributed by atoms with van der Waals surface area (Å²) in [5.74, 6) is 0.681. The second kappa shape index (κ2) is 13.6. The fourth-order valence-electron chi connectivity index (χ4n) is 5.73. The predicted octanol–water partition coefficient (Wildman–Crippen LogP) is 1.26. The molecule has 0 saturated carbocycles. The topological polar surface area (TPSA) is 170 Å². The van der Waals surface area contributed by atoms with Crippen LogP contribution >= 0.6 is 0 Å². The normalized spacial score (nSPS) is 23.0. The number of aliphatic hydroxyl groups excluding tert-OH is 2. The molecule has 3 aromatic rings. The first-order chi connectivity index (χ1) is 21.0. The Morgan fingerprint density at radius 2 is 1.68 bits per heavy atom. The van der Waals surface area contributed by atoms with E-state index in [4.69, 9.17) is 9.15 Å². The molecule has 3 heterocycles. The van der Waals surface area contributed by atoms with Gasteiger partial charge in [0.05, 0.1) is 25.0 Å². The molecule has 0 bridgehead atoms. The average molecular weight is 627 g/mol. The van der Waals surface area contributed by atoms with Crippen LogP contribution in [0.5, 0.6) is 0 Å². The molecule has 2 amide bonds. The van der Waals surface area contributed by atoms with Gasteiger partial charge in [-0.05, 0) is 42.7 Å². The van der Waals surface area contributed by atoms with Gasteiger partial charge in [0.1, 0.15) is 17.6 Å². The molecule has 2 aliphatic heterocycles. The lowest BCUT2D eigenvalue weighted by Gasteiger charge is -2.22. The van der Waals surface area contributed by atoms with E-state index in [0.29, 0.717) is 36.5 Å². The van der Waals surface area contributed by atoms with Crippen LogP contribution < -0.4 is 16.0 Å². The van der Waals surface area contributed by atoms with Crippen LogP contribution in [-0.4, -0.2) is 98.6 Å². The summed E-state index contributed by atoms with van der Waals surface area (Å²) in [6.45, 7) is 0.429. The molecule has 2 saturated heterocycles. The fourth-order valence-corrected chi connectivity index (χ4v) is 6.88. The number of hydrogen-bond donors (Lipinski definition) is 5. The van der Waals surface area contributed by atoms with Gasteiger partial charge in [-0.1, -0.05) is 36.4 Å². The van der Waals surface area contributed by atoms with Crippen molar-refractivity contribution < 1.29 is 37.4 Å². The van der Waals surface area contributed by atoms with Crippen LogP contribution in [0.2, 0.25) is 0 Å². The number of methoxy groups -OCH3 is 1. The molecule has 2 fully saturated rings. The highest BCUT2D eigenvalue weighted by molar-refractivity contribution is 7.88. The van der Waals surface area contributed by atoms with E-state index in [1.165, 1.54) is 4.31 Å². The van der Waals surface area contributed by atoms with E-state index in [1.807, 2.05) is 36.4 Å². The van der Waals surface area contributed by atoms with E-state index in [0.717, 1.165) is 22.9 Å². The maximum Gasteiger partial charge on any atom is 0.251 e. The molecule has 5 rings (SSSR count). The van der Waals surface area contributed by atoms with Crippen molar-refractivity contribution in [1.29, 1.82) is 0 Å². The van der Waals surface area contributed by atoms with E-state index in [1.54, 1.807) is 31.4 Å². The summed E-state index contributed by atoms with van der Waals surface area (Å²) in [7, 11) is -2.03. The van der Waals surface area contributed by atoms with Crippen LogP contribution in [0.4, 0.5) is 0 Å². The molecule has 0 aliphatic carbocycles. The number of ether oxygens (including phenoxy) is 1. The number of hydrogen-bond acceptors (Lipinski definition) is 9. The number of sulfonamides is 1. The quantitative estimate of drug-likeness (QED) is 0.210. The summed E-state index contributed by atoms with van der Waals surface area (Å²) in [5.41, 5.74) is 2.93. The summed E-state index contributed by atoms with van der Waals surface area (Å²) in [6, 6.07) is 16.8. The second-order valence-corrected chi connectivity index (χ2v) is 13.2. The Bertz CT molecular complexity index is 1550. The smallest absolute Gasteiger partial charge is 0.251 e. The van der Waals surface area contributed by atoms with Gasteiger partial charge in [0.2, 0.25) is 15.9 Å². The molecule has 236 valence electrons. The lowest BCUT2D eigenvalue weighted by atomic mass is 10.1. The van der Waals surface area contributed by atoms with Gasteiger partial charge in [-0.2, -0.15) is 4.31 Å². The maximum atomic E-state index is 12.9. The third-order valence-electron chi connectivity index (χ3n) is 8.11. The van der Waals surface area contributed by atoms with Crippen LogP contribution in [0.1, 0.15) is 34.9 Å². The van der Waals surface area contributed by atoms with E-state index in [9.17, 15) is 28.2 Å². The Kier molecular flexibility index (Phi) is 9.83. The van der Waals surface area contributed by atoms with E-state index >= 15 is 0 Å². The molecular formula is C31H38N4O8S.